The van der Waals surface area contributed by atoms with Crippen molar-refractivity contribution in [3.8, 4) is 17.0 Å². The van der Waals surface area contributed by atoms with Gasteiger partial charge in [-0.3, -0.25) is 4.79 Å². The number of alkyl halides is 3. The molecule has 0 N–H and O–H groups in total. The molecule has 31 heavy (non-hydrogen) atoms. The van der Waals surface area contributed by atoms with Crippen molar-refractivity contribution in [2.75, 3.05) is 20.2 Å². The van der Waals surface area contributed by atoms with E-state index in [0.29, 0.717) is 40.8 Å². The van der Waals surface area contributed by atoms with Crippen molar-refractivity contribution < 1.29 is 22.7 Å². The van der Waals surface area contributed by atoms with Gasteiger partial charge in [0.15, 0.2) is 17.0 Å². The molecular weight excluding hydrogens is 409 g/mol. The predicted molar refractivity (Wildman–Crippen MR) is 109 cm³/mol. The van der Waals surface area contributed by atoms with Crippen molar-refractivity contribution in [1.29, 1.82) is 0 Å². The number of ether oxygens (including phenoxy) is 1. The van der Waals surface area contributed by atoms with Gasteiger partial charge in [-0.2, -0.15) is 18.3 Å². The van der Waals surface area contributed by atoms with Crippen molar-refractivity contribution in [3.05, 3.63) is 47.8 Å². The van der Waals surface area contributed by atoms with E-state index in [0.717, 1.165) is 12.5 Å². The Kier molecular flexibility index (Phi) is 5.36. The maximum Gasteiger partial charge on any atom is 0.433 e. The summed E-state index contributed by atoms with van der Waals surface area (Å²) in [7, 11) is 1.51. The largest absolute Gasteiger partial charge is 0.497 e. The lowest BCUT2D eigenvalue weighted by Gasteiger charge is -2.34. The van der Waals surface area contributed by atoms with Crippen LogP contribution in [-0.2, 0) is 6.18 Å². The molecule has 3 aromatic rings. The van der Waals surface area contributed by atoms with Gasteiger partial charge in [-0.05, 0) is 48.6 Å². The Morgan fingerprint density at radius 3 is 2.32 bits per heavy atom. The van der Waals surface area contributed by atoms with Crippen LogP contribution in [0.1, 0.15) is 36.5 Å². The molecule has 2 unspecified atom stereocenters. The number of carbonyl (C=O) groups excluding carboxylic acids is 1. The summed E-state index contributed by atoms with van der Waals surface area (Å²) in [5.74, 6) is 0.872. The molecule has 164 valence electrons. The van der Waals surface area contributed by atoms with Crippen LogP contribution in [0.5, 0.6) is 5.75 Å². The van der Waals surface area contributed by atoms with Crippen LogP contribution in [0.2, 0.25) is 0 Å². The minimum atomic E-state index is -4.66. The van der Waals surface area contributed by atoms with E-state index >= 15 is 0 Å². The van der Waals surface area contributed by atoms with E-state index in [1.165, 1.54) is 13.2 Å². The maximum atomic E-state index is 13.8. The van der Waals surface area contributed by atoms with Gasteiger partial charge in [0.1, 0.15) is 5.75 Å². The fourth-order valence-corrected chi connectivity index (χ4v) is 4.18. The van der Waals surface area contributed by atoms with E-state index in [9.17, 15) is 18.0 Å². The molecular formula is C22H23F3N4O2. The monoisotopic (exact) mass is 432 g/mol. The number of nitrogens with zero attached hydrogens (tertiary/aromatic N) is 4. The second-order valence-electron chi connectivity index (χ2n) is 8.21. The van der Waals surface area contributed by atoms with E-state index in [4.69, 9.17) is 4.74 Å². The lowest BCUT2D eigenvalue weighted by molar-refractivity contribution is -0.142. The molecule has 0 radical (unpaired) electrons. The lowest BCUT2D eigenvalue weighted by atomic mass is 9.92. The Morgan fingerprint density at radius 2 is 1.74 bits per heavy atom. The maximum absolute atomic E-state index is 13.8. The molecule has 3 heterocycles. The number of rotatable bonds is 3. The van der Waals surface area contributed by atoms with Crippen molar-refractivity contribution in [1.82, 2.24) is 19.5 Å². The number of likely N-dealkylation sites (tertiary alicyclic amines) is 1. The van der Waals surface area contributed by atoms with Crippen molar-refractivity contribution in [2.24, 2.45) is 11.8 Å². The van der Waals surface area contributed by atoms with Crippen LogP contribution in [0.3, 0.4) is 0 Å². The van der Waals surface area contributed by atoms with Gasteiger partial charge in [-0.1, -0.05) is 13.8 Å². The summed E-state index contributed by atoms with van der Waals surface area (Å²) in [6.45, 7) is 5.25. The first kappa shape index (κ1) is 21.1. The van der Waals surface area contributed by atoms with Crippen molar-refractivity contribution in [2.45, 2.75) is 26.4 Å². The van der Waals surface area contributed by atoms with E-state index in [1.54, 1.807) is 29.2 Å². The number of halogens is 3. The Morgan fingerprint density at radius 1 is 1.10 bits per heavy atom. The minimum absolute atomic E-state index is 0.0258. The molecule has 1 fully saturated rings. The number of benzene rings is 1. The molecule has 2 atom stereocenters. The van der Waals surface area contributed by atoms with E-state index in [-0.39, 0.29) is 22.9 Å². The average molecular weight is 432 g/mol. The lowest BCUT2D eigenvalue weighted by Crippen LogP contribution is -2.42. The highest BCUT2D eigenvalue weighted by atomic mass is 19.4. The van der Waals surface area contributed by atoms with Crippen LogP contribution in [-0.4, -0.2) is 45.6 Å². The third kappa shape index (κ3) is 4.22. The first-order valence-electron chi connectivity index (χ1n) is 10.1. The second-order valence-corrected chi connectivity index (χ2v) is 8.21. The van der Waals surface area contributed by atoms with Gasteiger partial charge < -0.3 is 9.64 Å². The standard InChI is InChI=1S/C22H23F3N4O2/c1-13-8-14(2)12-28(11-13)21(30)18-10-20-26-17(15-4-6-16(31-3)7-5-15)9-19(22(23,24)25)29(20)27-18/h4-7,9-10,13-14H,8,11-12H2,1-3H3. The molecule has 0 bridgehead atoms. The van der Waals surface area contributed by atoms with Crippen LogP contribution in [0, 0.1) is 11.8 Å². The second kappa shape index (κ2) is 7.86. The van der Waals surface area contributed by atoms with Crippen LogP contribution in [0.15, 0.2) is 36.4 Å². The van der Waals surface area contributed by atoms with Gasteiger partial charge in [0.25, 0.3) is 5.91 Å². The Labute approximate surface area is 177 Å². The first-order chi connectivity index (χ1) is 14.7. The van der Waals surface area contributed by atoms with Gasteiger partial charge >= 0.3 is 6.18 Å². The summed E-state index contributed by atoms with van der Waals surface area (Å²) in [5.41, 5.74) is -0.404. The summed E-state index contributed by atoms with van der Waals surface area (Å²) >= 11 is 0. The highest BCUT2D eigenvalue weighted by Crippen LogP contribution is 2.33. The zero-order chi connectivity index (χ0) is 22.3. The van der Waals surface area contributed by atoms with Gasteiger partial charge in [0.05, 0.1) is 12.8 Å². The van der Waals surface area contributed by atoms with E-state index in [2.05, 4.69) is 23.9 Å². The number of amides is 1. The van der Waals surface area contributed by atoms with E-state index in [1.807, 2.05) is 0 Å². The van der Waals surface area contributed by atoms with Gasteiger partial charge in [-0.15, -0.1) is 0 Å². The van der Waals surface area contributed by atoms with Gasteiger partial charge in [-0.25, -0.2) is 9.50 Å². The minimum Gasteiger partial charge on any atom is -0.497 e. The molecule has 0 aliphatic carbocycles. The Bertz CT molecular complexity index is 1100. The van der Waals surface area contributed by atoms with Crippen LogP contribution < -0.4 is 4.74 Å². The van der Waals surface area contributed by atoms with Crippen molar-refractivity contribution >= 4 is 11.6 Å². The summed E-state index contributed by atoms with van der Waals surface area (Å²) < 4.78 is 47.2. The number of aromatic nitrogens is 3. The topological polar surface area (TPSA) is 59.7 Å². The molecule has 4 rings (SSSR count). The number of fused-ring (bicyclic) bond motifs is 1. The molecule has 1 aliphatic rings. The Balaban J connectivity index is 1.77. The number of hydrogen-bond donors (Lipinski definition) is 0. The van der Waals surface area contributed by atoms with Crippen LogP contribution >= 0.6 is 0 Å². The molecule has 1 aliphatic heterocycles. The zero-order valence-electron chi connectivity index (χ0n) is 17.5. The first-order valence-corrected chi connectivity index (χ1v) is 10.1. The van der Waals surface area contributed by atoms with E-state index < -0.39 is 11.9 Å². The number of carbonyl (C=O) groups is 1. The SMILES string of the molecule is COc1ccc(-c2cc(C(F)(F)F)n3nc(C(=O)N4CC(C)CC(C)C4)cc3n2)cc1. The molecule has 6 nitrogen and oxygen atoms in total. The number of methoxy groups -OCH3 is 1. The third-order valence-corrected chi connectivity index (χ3v) is 5.48. The molecule has 1 amide bonds. The summed E-state index contributed by atoms with van der Waals surface area (Å²) in [5, 5.41) is 3.99. The summed E-state index contributed by atoms with van der Waals surface area (Å²) in [4.78, 5) is 19.0. The quantitative estimate of drug-likeness (QED) is 0.610. The van der Waals surface area contributed by atoms with Crippen LogP contribution in [0.4, 0.5) is 13.2 Å². The molecule has 1 aromatic carbocycles. The summed E-state index contributed by atoms with van der Waals surface area (Å²) in [6.07, 6.45) is -3.65. The molecule has 0 spiro atoms. The zero-order valence-corrected chi connectivity index (χ0v) is 17.5. The predicted octanol–water partition coefficient (Wildman–Crippen LogP) is 4.54. The van der Waals surface area contributed by atoms with Crippen molar-refractivity contribution in [3.63, 3.8) is 0 Å². The highest BCUT2D eigenvalue weighted by molar-refractivity contribution is 5.93. The smallest absolute Gasteiger partial charge is 0.433 e. The fraction of sp³-hybridized carbons (Fsp3) is 0.409. The number of hydrogen-bond acceptors (Lipinski definition) is 4. The fourth-order valence-electron chi connectivity index (χ4n) is 4.18. The summed E-state index contributed by atoms with van der Waals surface area (Å²) in [6, 6.07) is 8.85. The molecule has 1 saturated heterocycles. The molecule has 0 saturated carbocycles. The van der Waals surface area contributed by atoms with Gasteiger partial charge in [0, 0.05) is 24.7 Å². The molecule has 2 aromatic heterocycles. The molecule has 9 heteroatoms. The Hall–Kier alpha value is -3.10. The van der Waals surface area contributed by atoms with Crippen LogP contribution in [0.25, 0.3) is 16.9 Å². The normalized spacial score (nSPS) is 19.6. The average Bonchev–Trinajstić information content (AvgIpc) is 3.15. The highest BCUT2D eigenvalue weighted by Gasteiger charge is 2.36. The van der Waals surface area contributed by atoms with Gasteiger partial charge in [0.2, 0.25) is 0 Å². The number of piperidine rings is 1. The third-order valence-electron chi connectivity index (χ3n) is 5.48.